The number of methoxy groups -OCH3 is 1. The highest BCUT2D eigenvalue weighted by atomic mass is 16.6. The van der Waals surface area contributed by atoms with Crippen LogP contribution in [0.1, 0.15) is 53.6 Å². The third kappa shape index (κ3) is 13.8. The zero-order chi connectivity index (χ0) is 55.8. The van der Waals surface area contributed by atoms with Gasteiger partial charge in [-0.15, -0.1) is 0 Å². The van der Waals surface area contributed by atoms with Crippen LogP contribution in [0.4, 0.5) is 46.0 Å². The summed E-state index contributed by atoms with van der Waals surface area (Å²) < 4.78 is 14.2. The van der Waals surface area contributed by atoms with Gasteiger partial charge in [0.05, 0.1) is 46.3 Å². The maximum absolute atomic E-state index is 12.8. The van der Waals surface area contributed by atoms with Gasteiger partial charge >= 0.3 is 11.9 Å². The molecule has 8 aromatic rings. The summed E-state index contributed by atoms with van der Waals surface area (Å²) in [7, 11) is 16.7. The molecule has 0 unspecified atom stereocenters. The summed E-state index contributed by atoms with van der Waals surface area (Å²) in [6, 6.07) is 22.2. The van der Waals surface area contributed by atoms with Crippen LogP contribution in [0.5, 0.6) is 0 Å². The van der Waals surface area contributed by atoms with Crippen molar-refractivity contribution in [1.82, 2.24) is 38.9 Å². The second-order valence-corrected chi connectivity index (χ2v) is 19.0. The number of aromatic nitrogens is 6. The number of rotatable bonds is 19. The maximum atomic E-state index is 12.8. The molecule has 0 radical (unpaired) electrons. The normalized spacial score (nSPS) is 10.9. The number of hydrogen-bond donors (Lipinski definition) is 2. The first-order chi connectivity index (χ1) is 36.7. The van der Waals surface area contributed by atoms with Gasteiger partial charge in [-0.3, -0.25) is 20.2 Å². The van der Waals surface area contributed by atoms with Crippen LogP contribution in [0.25, 0.3) is 44.3 Å². The van der Waals surface area contributed by atoms with Gasteiger partial charge in [-0.1, -0.05) is 51.3 Å². The van der Waals surface area contributed by atoms with E-state index in [2.05, 4.69) is 25.6 Å². The molecule has 0 saturated carbocycles. The number of anilines is 6. The Labute approximate surface area is 460 Å². The largest absolute Gasteiger partial charge is 0.465 e. The van der Waals surface area contributed by atoms with E-state index in [-0.39, 0.29) is 55.9 Å². The topological polar surface area (TPSA) is 237 Å². The highest BCUT2D eigenvalue weighted by Crippen LogP contribution is 2.38. The molecule has 418 valence electrons. The van der Waals surface area contributed by atoms with Crippen LogP contribution in [0.15, 0.2) is 97.6 Å². The van der Waals surface area contributed by atoms with Crippen LogP contribution >= 0.6 is 0 Å². The van der Waals surface area contributed by atoms with Gasteiger partial charge in [0.25, 0.3) is 11.4 Å². The molecule has 8 rings (SSSR count). The maximum Gasteiger partial charge on any atom is 0.341 e. The molecule has 2 N–H and O–H groups in total. The van der Waals surface area contributed by atoms with Crippen molar-refractivity contribution in [2.75, 3.05) is 103 Å². The molecule has 79 heavy (non-hydrogen) atoms. The van der Waals surface area contributed by atoms with E-state index in [0.29, 0.717) is 47.2 Å². The molecule has 4 aromatic carbocycles. The lowest BCUT2D eigenvalue weighted by Gasteiger charge is -2.22. The first kappa shape index (κ1) is 60.8. The summed E-state index contributed by atoms with van der Waals surface area (Å²) in [6.07, 6.45) is 6.65. The van der Waals surface area contributed by atoms with Crippen LogP contribution in [-0.2, 0) is 23.6 Å². The number of para-hydroxylation sites is 2. The van der Waals surface area contributed by atoms with Crippen molar-refractivity contribution in [2.45, 2.75) is 35.6 Å². The van der Waals surface area contributed by atoms with Gasteiger partial charge in [0.2, 0.25) is 11.9 Å². The Kier molecular flexibility index (Phi) is 20.3. The Balaban J connectivity index is 0.000000284. The number of ether oxygens (including phenoxy) is 2. The fourth-order valence-corrected chi connectivity index (χ4v) is 8.69. The molecule has 0 amide bonds. The van der Waals surface area contributed by atoms with Gasteiger partial charge in [-0.2, -0.15) is 0 Å². The van der Waals surface area contributed by atoms with Crippen LogP contribution < -0.4 is 20.4 Å². The predicted molar refractivity (Wildman–Crippen MR) is 315 cm³/mol. The molecule has 0 aliphatic rings. The summed E-state index contributed by atoms with van der Waals surface area (Å²) in [5.41, 5.74) is 8.30. The predicted octanol–water partition coefficient (Wildman–Crippen LogP) is 10.4. The van der Waals surface area contributed by atoms with E-state index in [9.17, 15) is 29.8 Å². The van der Waals surface area contributed by atoms with Crippen LogP contribution in [0.2, 0.25) is 0 Å². The lowest BCUT2D eigenvalue weighted by atomic mass is 10.1. The summed E-state index contributed by atoms with van der Waals surface area (Å²) in [5.74, 6) is -0.677. The van der Waals surface area contributed by atoms with E-state index in [1.165, 1.54) is 31.6 Å². The van der Waals surface area contributed by atoms with E-state index in [4.69, 9.17) is 14.5 Å². The van der Waals surface area contributed by atoms with Gasteiger partial charge in [0, 0.05) is 124 Å². The molecule has 22 nitrogen and oxygen atoms in total. The van der Waals surface area contributed by atoms with E-state index in [1.54, 1.807) is 19.1 Å². The quantitative estimate of drug-likeness (QED) is 0.0435. The summed E-state index contributed by atoms with van der Waals surface area (Å²) in [4.78, 5) is 74.4. The number of benzene rings is 4. The molecule has 22 heteroatoms. The fraction of sp³-hybridized carbons (Fsp3) is 0.333. The summed E-state index contributed by atoms with van der Waals surface area (Å²) in [6.45, 7) is 8.46. The number of hydrogen-bond acceptors (Lipinski definition) is 18. The molecule has 0 fully saturated rings. The Hall–Kier alpha value is -9.02. The number of fused-ring (bicyclic) bond motifs is 2. The Morgan fingerprint density at radius 1 is 0.620 bits per heavy atom. The van der Waals surface area contributed by atoms with Crippen LogP contribution in [0, 0.1) is 34.1 Å². The molecule has 0 aliphatic carbocycles. The molecular weight excluding hydrogens is 1010 g/mol. The third-order valence-corrected chi connectivity index (χ3v) is 12.9. The Morgan fingerprint density at radius 2 is 1.01 bits per heavy atom. The SMILES string of the molecule is C.C.CCOC(=O)c1cnc(Nc2cc([N+](=O)[O-])c(N(C)CCN(C)C)cc2C)nc1-c1cn(C)c2ccccc12.COC(=O)c1cnc(Nc2cc([N+](=O)[O-])c(N(C)CCN(C)C)cc2C)nc1-c1cn(C)c2ccccc12. The van der Waals surface area contributed by atoms with Crippen molar-refractivity contribution in [3.63, 3.8) is 0 Å². The molecular formula is C57H72N14O8. The number of carbonyl (C=O) groups is 2. The zero-order valence-electron chi connectivity index (χ0n) is 45.4. The number of nitro groups is 2. The average Bonchev–Trinajstić information content (AvgIpc) is 3.98. The number of nitro benzene ring substituents is 2. The number of esters is 2. The van der Waals surface area contributed by atoms with Crippen molar-refractivity contribution in [3.8, 4) is 22.5 Å². The third-order valence-electron chi connectivity index (χ3n) is 12.9. The minimum Gasteiger partial charge on any atom is -0.465 e. The first-order valence-corrected chi connectivity index (χ1v) is 24.6. The van der Waals surface area contributed by atoms with E-state index in [0.717, 1.165) is 57.1 Å². The van der Waals surface area contributed by atoms with Crippen molar-refractivity contribution < 1.29 is 28.9 Å². The first-order valence-electron chi connectivity index (χ1n) is 24.6. The van der Waals surface area contributed by atoms with Crippen molar-refractivity contribution in [2.24, 2.45) is 14.1 Å². The molecule has 0 spiro atoms. The van der Waals surface area contributed by atoms with Gasteiger partial charge in [-0.25, -0.2) is 29.5 Å². The second-order valence-electron chi connectivity index (χ2n) is 19.0. The molecule has 0 aliphatic heterocycles. The average molecular weight is 1080 g/mol. The summed E-state index contributed by atoms with van der Waals surface area (Å²) in [5, 5.41) is 32.0. The number of likely N-dealkylation sites (N-methyl/N-ethyl adjacent to an activating group) is 4. The van der Waals surface area contributed by atoms with Crippen molar-refractivity contribution >= 4 is 79.8 Å². The Morgan fingerprint density at radius 3 is 1.38 bits per heavy atom. The zero-order valence-corrected chi connectivity index (χ0v) is 45.4. The molecule has 0 saturated heterocycles. The molecule has 4 heterocycles. The van der Waals surface area contributed by atoms with Gasteiger partial charge in [0.15, 0.2) is 0 Å². The van der Waals surface area contributed by atoms with Crippen LogP contribution in [0.3, 0.4) is 0 Å². The van der Waals surface area contributed by atoms with E-state index >= 15 is 0 Å². The highest BCUT2D eigenvalue weighted by Gasteiger charge is 2.26. The molecule has 0 atom stereocenters. The number of carbonyl (C=O) groups excluding carboxylic acids is 2. The van der Waals surface area contributed by atoms with Crippen molar-refractivity contribution in [3.05, 3.63) is 140 Å². The van der Waals surface area contributed by atoms with E-state index in [1.807, 2.05) is 160 Å². The lowest BCUT2D eigenvalue weighted by molar-refractivity contribution is -0.384. The van der Waals surface area contributed by atoms with Crippen LogP contribution in [-0.4, -0.2) is 143 Å². The minimum absolute atomic E-state index is 0. The summed E-state index contributed by atoms with van der Waals surface area (Å²) >= 11 is 0. The Bertz CT molecular complexity index is 3500. The molecule has 0 bridgehead atoms. The number of nitrogens with one attached hydrogen (secondary N) is 2. The lowest BCUT2D eigenvalue weighted by Crippen LogP contribution is -2.29. The highest BCUT2D eigenvalue weighted by molar-refractivity contribution is 6.04. The second kappa shape index (κ2) is 26.4. The van der Waals surface area contributed by atoms with E-state index < -0.39 is 21.8 Å². The minimum atomic E-state index is -0.559. The van der Waals surface area contributed by atoms with Gasteiger partial charge < -0.3 is 48.8 Å². The van der Waals surface area contributed by atoms with Gasteiger partial charge in [0.1, 0.15) is 22.5 Å². The van der Waals surface area contributed by atoms with Crippen molar-refractivity contribution in [1.29, 1.82) is 0 Å². The standard InChI is InChI=1S/C28H33N7O4.C27H31N7O4.2CH4/c1-7-39-27(36)20-16-29-28(31-26(20)21-17-34(6)23-11-9-8-10-19(21)23)30-22-15-25(35(37)38)24(14-18(22)2)33(5)13-12-32(3)4;1-17-13-23(32(4)12-11-31(2)3)24(34(36)37)14-21(17)29-27-28-15-19(26(35)38-6)25(30-27)20-16-33(5)22-10-8-7-9-18(20)22;;/h8-11,14-17H,7,12-13H2,1-6H3,(H,29,30,31);7-10,13-16H,11-12H2,1-6H3,(H,28,29,30);2*1H4. The smallest absolute Gasteiger partial charge is 0.341 e. The number of nitrogens with zero attached hydrogens (tertiary/aromatic N) is 12. The number of aryl methyl sites for hydroxylation is 4. The fourth-order valence-electron chi connectivity index (χ4n) is 8.69. The van der Waals surface area contributed by atoms with Gasteiger partial charge in [-0.05, 0) is 84.4 Å². The molecule has 4 aromatic heterocycles. The monoisotopic (exact) mass is 1080 g/mol.